The summed E-state index contributed by atoms with van der Waals surface area (Å²) in [6, 6.07) is 9.80. The van der Waals surface area contributed by atoms with Crippen LogP contribution in [0.3, 0.4) is 0 Å². The molecule has 190 valence electrons. The number of halogens is 2. The van der Waals surface area contributed by atoms with Gasteiger partial charge in [0, 0.05) is 27.6 Å². The lowest BCUT2D eigenvalue weighted by Gasteiger charge is -2.19. The molecule has 0 fully saturated rings. The summed E-state index contributed by atoms with van der Waals surface area (Å²) in [5.41, 5.74) is 5.38. The highest BCUT2D eigenvalue weighted by atomic mass is 35.5. The molecule has 1 heterocycles. The topological polar surface area (TPSA) is 146 Å². The molecule has 0 unspecified atom stereocenters. The number of hydrogen-bond donors (Lipinski definition) is 5. The number of carboxylic acid groups (broad SMARTS) is 1. The Bertz CT molecular complexity index is 1400. The van der Waals surface area contributed by atoms with E-state index in [2.05, 4.69) is 21.5 Å². The largest absolute Gasteiger partial charge is 0.480 e. The highest BCUT2D eigenvalue weighted by Gasteiger charge is 2.24. The maximum atomic E-state index is 13.0. The van der Waals surface area contributed by atoms with Crippen molar-refractivity contribution in [1.82, 2.24) is 14.7 Å². The van der Waals surface area contributed by atoms with Gasteiger partial charge in [0.2, 0.25) is 0 Å². The van der Waals surface area contributed by atoms with E-state index in [9.17, 15) is 24.3 Å². The van der Waals surface area contributed by atoms with Crippen molar-refractivity contribution < 1.29 is 14.7 Å². The van der Waals surface area contributed by atoms with Crippen LogP contribution in [0.5, 0.6) is 0 Å². The lowest BCUT2D eigenvalue weighted by molar-refractivity contribution is -0.139. The summed E-state index contributed by atoms with van der Waals surface area (Å²) in [7, 11) is 4.57. The van der Waals surface area contributed by atoms with Crippen molar-refractivity contribution in [2.75, 3.05) is 37.3 Å². The van der Waals surface area contributed by atoms with Gasteiger partial charge < -0.3 is 26.6 Å². The zero-order chi connectivity index (χ0) is 26.6. The average molecular weight is 535 g/mol. The summed E-state index contributed by atoms with van der Waals surface area (Å²) in [4.78, 5) is 50.1. The number of amides is 1. The Labute approximate surface area is 215 Å². The molecule has 0 radical (unpaired) electrons. The summed E-state index contributed by atoms with van der Waals surface area (Å²) in [5, 5.41) is 15.2. The van der Waals surface area contributed by atoms with Crippen LogP contribution in [0.2, 0.25) is 10.0 Å². The van der Waals surface area contributed by atoms with Crippen LogP contribution in [0.15, 0.2) is 52.1 Å². The standard InChI is InChI=1S/C23H24Cl2N6O5/c1-26-19-17(21(33)31(28-3)23(36)30(19)27-2)13-9-7-12(8-10-13)11-16(22(34)35)29-20(32)18-14(24)5-4-6-15(18)25/h4-10,16,26-28H,11H2,1-3H3,(H,29,32)(H,34,35)/t16-/m0/s1. The minimum absolute atomic E-state index is 0.0116. The first kappa shape index (κ1) is 26.6. The van der Waals surface area contributed by atoms with Gasteiger partial charge >= 0.3 is 11.7 Å². The van der Waals surface area contributed by atoms with Crippen LogP contribution in [0.25, 0.3) is 11.1 Å². The summed E-state index contributed by atoms with van der Waals surface area (Å²) in [6.45, 7) is 0. The van der Waals surface area contributed by atoms with Gasteiger partial charge in [-0.25, -0.2) is 9.59 Å². The quantitative estimate of drug-likeness (QED) is 0.279. The normalized spacial score (nSPS) is 11.5. The Morgan fingerprint density at radius 2 is 1.53 bits per heavy atom. The Balaban J connectivity index is 1.93. The van der Waals surface area contributed by atoms with Crippen LogP contribution in [0.1, 0.15) is 15.9 Å². The highest BCUT2D eigenvalue weighted by Crippen LogP contribution is 2.25. The van der Waals surface area contributed by atoms with Crippen LogP contribution in [-0.4, -0.2) is 53.5 Å². The third kappa shape index (κ3) is 5.16. The first-order valence-electron chi connectivity index (χ1n) is 10.7. The molecule has 0 aliphatic carbocycles. The molecular formula is C23H24Cl2N6O5. The Kier molecular flexibility index (Phi) is 8.28. The number of rotatable bonds is 9. The molecular weight excluding hydrogens is 511 g/mol. The van der Waals surface area contributed by atoms with E-state index in [0.717, 1.165) is 4.68 Å². The number of hydrogen-bond acceptors (Lipinski definition) is 7. The van der Waals surface area contributed by atoms with E-state index in [4.69, 9.17) is 23.2 Å². The molecule has 0 aliphatic heterocycles. The summed E-state index contributed by atoms with van der Waals surface area (Å²) in [5.74, 6) is -1.71. The second kappa shape index (κ2) is 11.2. The fourth-order valence-corrected chi connectivity index (χ4v) is 4.27. The summed E-state index contributed by atoms with van der Waals surface area (Å²) >= 11 is 12.1. The average Bonchev–Trinajstić information content (AvgIpc) is 2.84. The number of aromatic nitrogens is 2. The Morgan fingerprint density at radius 1 is 0.944 bits per heavy atom. The molecule has 0 saturated heterocycles. The zero-order valence-electron chi connectivity index (χ0n) is 19.6. The molecule has 0 aliphatic rings. The minimum Gasteiger partial charge on any atom is -0.480 e. The molecule has 13 heteroatoms. The van der Waals surface area contributed by atoms with Crippen molar-refractivity contribution in [1.29, 1.82) is 0 Å². The van der Waals surface area contributed by atoms with E-state index in [1.807, 2.05) is 0 Å². The van der Waals surface area contributed by atoms with Gasteiger partial charge in [-0.1, -0.05) is 53.5 Å². The number of benzene rings is 2. The van der Waals surface area contributed by atoms with Gasteiger partial charge in [0.25, 0.3) is 11.5 Å². The molecule has 1 atom stereocenters. The van der Waals surface area contributed by atoms with Crippen LogP contribution in [-0.2, 0) is 11.2 Å². The van der Waals surface area contributed by atoms with Crippen LogP contribution < -0.4 is 32.7 Å². The molecule has 5 N–H and O–H groups in total. The van der Waals surface area contributed by atoms with Crippen molar-refractivity contribution in [2.45, 2.75) is 12.5 Å². The van der Waals surface area contributed by atoms with Crippen molar-refractivity contribution in [2.24, 2.45) is 0 Å². The smallest absolute Gasteiger partial charge is 0.370 e. The Hall–Kier alpha value is -3.96. The third-order valence-corrected chi connectivity index (χ3v) is 6.05. The van der Waals surface area contributed by atoms with Gasteiger partial charge in [0.1, 0.15) is 11.9 Å². The van der Waals surface area contributed by atoms with E-state index >= 15 is 0 Å². The van der Waals surface area contributed by atoms with E-state index in [1.54, 1.807) is 37.4 Å². The molecule has 0 spiro atoms. The van der Waals surface area contributed by atoms with E-state index < -0.39 is 29.2 Å². The zero-order valence-corrected chi connectivity index (χ0v) is 21.1. The number of nitrogens with one attached hydrogen (secondary N) is 4. The number of nitrogens with zero attached hydrogens (tertiary/aromatic N) is 2. The van der Waals surface area contributed by atoms with Crippen molar-refractivity contribution in [3.63, 3.8) is 0 Å². The third-order valence-electron chi connectivity index (χ3n) is 5.42. The lowest BCUT2D eigenvalue weighted by atomic mass is 10.0. The first-order chi connectivity index (χ1) is 17.1. The fourth-order valence-electron chi connectivity index (χ4n) is 3.70. The second-order valence-corrected chi connectivity index (χ2v) is 8.36. The van der Waals surface area contributed by atoms with Gasteiger partial charge in [0.05, 0.1) is 21.2 Å². The molecule has 1 amide bonds. The molecule has 11 nitrogen and oxygen atoms in total. The van der Waals surface area contributed by atoms with Gasteiger partial charge in [-0.15, -0.1) is 0 Å². The monoisotopic (exact) mass is 534 g/mol. The predicted molar refractivity (Wildman–Crippen MR) is 140 cm³/mol. The molecule has 3 aromatic rings. The van der Waals surface area contributed by atoms with Crippen molar-refractivity contribution in [3.8, 4) is 11.1 Å². The molecule has 36 heavy (non-hydrogen) atoms. The predicted octanol–water partition coefficient (Wildman–Crippen LogP) is 1.80. The maximum absolute atomic E-state index is 13.0. The molecule has 0 saturated carbocycles. The van der Waals surface area contributed by atoms with Crippen molar-refractivity contribution >= 4 is 40.9 Å². The van der Waals surface area contributed by atoms with E-state index in [0.29, 0.717) is 11.1 Å². The second-order valence-electron chi connectivity index (χ2n) is 7.54. The maximum Gasteiger partial charge on any atom is 0.370 e. The Morgan fingerprint density at radius 3 is 2.03 bits per heavy atom. The summed E-state index contributed by atoms with van der Waals surface area (Å²) in [6.07, 6.45) is -0.0426. The first-order valence-corrected chi connectivity index (χ1v) is 11.4. The molecule has 1 aromatic heterocycles. The number of anilines is 1. The minimum atomic E-state index is -1.27. The highest BCUT2D eigenvalue weighted by molar-refractivity contribution is 6.39. The van der Waals surface area contributed by atoms with Gasteiger partial charge in [-0.05, 0) is 23.3 Å². The fraction of sp³-hybridized carbons (Fsp3) is 0.217. The van der Waals surface area contributed by atoms with Gasteiger partial charge in [-0.2, -0.15) is 9.35 Å². The van der Waals surface area contributed by atoms with Crippen molar-refractivity contribution in [3.05, 3.63) is 84.5 Å². The molecule has 0 bridgehead atoms. The van der Waals surface area contributed by atoms with Gasteiger partial charge in [0.15, 0.2) is 0 Å². The van der Waals surface area contributed by atoms with Crippen LogP contribution in [0, 0.1) is 0 Å². The van der Waals surface area contributed by atoms with Crippen LogP contribution in [0.4, 0.5) is 5.82 Å². The summed E-state index contributed by atoms with van der Waals surface area (Å²) < 4.78 is 2.04. The number of carbonyl (C=O) groups excluding carboxylic acids is 1. The van der Waals surface area contributed by atoms with Gasteiger partial charge in [-0.3, -0.25) is 9.59 Å². The lowest BCUT2D eigenvalue weighted by Crippen LogP contribution is -2.47. The molecule has 3 rings (SSSR count). The number of aliphatic carboxylic acids is 1. The SMILES string of the molecule is CNc1c(-c2ccc(C[C@H](NC(=O)c3c(Cl)cccc3Cl)C(=O)O)cc2)c(=O)n(NC)c(=O)n1NC. The number of carboxylic acids is 1. The number of carbonyl (C=O) groups is 2. The molecule has 2 aromatic carbocycles. The van der Waals surface area contributed by atoms with Crippen LogP contribution >= 0.6 is 23.2 Å². The van der Waals surface area contributed by atoms with E-state index in [-0.39, 0.29) is 33.4 Å². The van der Waals surface area contributed by atoms with E-state index in [1.165, 1.54) is 30.9 Å².